The van der Waals surface area contributed by atoms with Crippen LogP contribution < -0.4 is 4.74 Å². The highest BCUT2D eigenvalue weighted by Crippen LogP contribution is 2.26. The zero-order valence-corrected chi connectivity index (χ0v) is 11.3. The molecule has 0 saturated heterocycles. The summed E-state index contributed by atoms with van der Waals surface area (Å²) >= 11 is 0. The molecule has 1 fully saturated rings. The minimum absolute atomic E-state index is 0.0452. The van der Waals surface area contributed by atoms with E-state index in [4.69, 9.17) is 9.84 Å². The van der Waals surface area contributed by atoms with Crippen LogP contribution in [0, 0.1) is 0 Å². The number of carbonyl (C=O) groups is 1. The van der Waals surface area contributed by atoms with Crippen LogP contribution in [0.4, 0.5) is 0 Å². The lowest BCUT2D eigenvalue weighted by Gasteiger charge is -2.20. The van der Waals surface area contributed by atoms with Crippen molar-refractivity contribution in [3.63, 3.8) is 0 Å². The largest absolute Gasteiger partial charge is 0.483 e. The van der Waals surface area contributed by atoms with Gasteiger partial charge in [0, 0.05) is 19.2 Å². The molecule has 0 unspecified atom stereocenters. The maximum atomic E-state index is 12.0. The molecule has 0 atom stereocenters. The van der Waals surface area contributed by atoms with Crippen LogP contribution in [0.25, 0.3) is 0 Å². The molecule has 0 heterocycles. The molecule has 0 radical (unpaired) electrons. The predicted octanol–water partition coefficient (Wildman–Crippen LogP) is 1.61. The molecule has 1 aromatic rings. The molecule has 19 heavy (non-hydrogen) atoms. The molecule has 1 aliphatic carbocycles. The van der Waals surface area contributed by atoms with Gasteiger partial charge >= 0.3 is 0 Å². The normalized spacial score (nSPS) is 14.2. The van der Waals surface area contributed by atoms with Gasteiger partial charge in [-0.15, -0.1) is 0 Å². The Morgan fingerprint density at radius 3 is 2.79 bits per heavy atom. The van der Waals surface area contributed by atoms with Crippen LogP contribution in [0.2, 0.25) is 0 Å². The zero-order valence-electron chi connectivity index (χ0n) is 11.3. The summed E-state index contributed by atoms with van der Waals surface area (Å²) < 4.78 is 5.61. The number of amides is 1. The van der Waals surface area contributed by atoms with E-state index >= 15 is 0 Å². The summed E-state index contributed by atoms with van der Waals surface area (Å²) in [7, 11) is 0. The van der Waals surface area contributed by atoms with Gasteiger partial charge in [0.05, 0.1) is 0 Å². The maximum absolute atomic E-state index is 12.0. The quantitative estimate of drug-likeness (QED) is 0.813. The van der Waals surface area contributed by atoms with E-state index in [1.165, 1.54) is 0 Å². The second-order valence-electron chi connectivity index (χ2n) is 4.78. The highest BCUT2D eigenvalue weighted by atomic mass is 16.5. The smallest absolute Gasteiger partial charge is 0.260 e. The summed E-state index contributed by atoms with van der Waals surface area (Å²) in [5, 5.41) is 9.00. The number of aliphatic hydroxyl groups is 1. The molecule has 0 aromatic heterocycles. The van der Waals surface area contributed by atoms with Gasteiger partial charge in [0.15, 0.2) is 6.61 Å². The van der Waals surface area contributed by atoms with E-state index in [1.807, 2.05) is 36.1 Å². The molecule has 2 rings (SSSR count). The maximum Gasteiger partial charge on any atom is 0.260 e. The molecule has 0 spiro atoms. The first kappa shape index (κ1) is 13.9. The van der Waals surface area contributed by atoms with Gasteiger partial charge in [-0.25, -0.2) is 0 Å². The Morgan fingerprint density at radius 1 is 1.42 bits per heavy atom. The van der Waals surface area contributed by atoms with Gasteiger partial charge in [-0.2, -0.15) is 0 Å². The van der Waals surface area contributed by atoms with Crippen LogP contribution in [0.5, 0.6) is 5.75 Å². The van der Waals surface area contributed by atoms with E-state index in [9.17, 15) is 4.79 Å². The number of hydrogen-bond donors (Lipinski definition) is 1. The number of para-hydroxylation sites is 1. The number of carbonyl (C=O) groups excluding carboxylic acids is 1. The second kappa shape index (κ2) is 6.57. The molecular formula is C15H21NO3. The molecule has 1 amide bonds. The Bertz CT molecular complexity index is 429. The van der Waals surface area contributed by atoms with Crippen molar-refractivity contribution in [2.45, 2.75) is 32.2 Å². The Kier molecular flexibility index (Phi) is 4.80. The Balaban J connectivity index is 1.92. The first-order chi connectivity index (χ1) is 9.26. The average Bonchev–Trinajstić information content (AvgIpc) is 3.24. The SMILES string of the molecule is CCN(C(=O)COc1ccccc1CCO)C1CC1. The molecule has 4 nitrogen and oxygen atoms in total. The standard InChI is InChI=1S/C15H21NO3/c1-2-16(13-7-8-13)15(18)11-19-14-6-4-3-5-12(14)9-10-17/h3-6,13,17H,2,7-11H2,1H3. The van der Waals surface area contributed by atoms with Gasteiger partial charge in [-0.3, -0.25) is 4.79 Å². The molecule has 1 aliphatic rings. The minimum atomic E-state index is 0.0452. The fourth-order valence-corrected chi connectivity index (χ4v) is 2.22. The van der Waals surface area contributed by atoms with Gasteiger partial charge in [0.25, 0.3) is 5.91 Å². The molecule has 1 aromatic carbocycles. The molecule has 4 heteroatoms. The van der Waals surface area contributed by atoms with E-state index in [-0.39, 0.29) is 19.1 Å². The van der Waals surface area contributed by atoms with Crippen LogP contribution in [0.15, 0.2) is 24.3 Å². The third kappa shape index (κ3) is 3.70. The lowest BCUT2D eigenvalue weighted by atomic mass is 10.1. The van der Waals surface area contributed by atoms with E-state index in [0.29, 0.717) is 18.2 Å². The molecule has 1 saturated carbocycles. The monoisotopic (exact) mass is 263 g/mol. The van der Waals surface area contributed by atoms with Gasteiger partial charge in [0.1, 0.15) is 5.75 Å². The molecule has 104 valence electrons. The van der Waals surface area contributed by atoms with Gasteiger partial charge < -0.3 is 14.7 Å². The number of likely N-dealkylation sites (N-methyl/N-ethyl adjacent to an activating group) is 1. The Morgan fingerprint density at radius 2 is 2.16 bits per heavy atom. The summed E-state index contributed by atoms with van der Waals surface area (Å²) in [6.45, 7) is 2.89. The zero-order chi connectivity index (χ0) is 13.7. The fraction of sp³-hybridized carbons (Fsp3) is 0.533. The number of rotatable bonds is 7. The van der Waals surface area contributed by atoms with Crippen molar-refractivity contribution in [1.82, 2.24) is 4.90 Å². The first-order valence-corrected chi connectivity index (χ1v) is 6.87. The van der Waals surface area contributed by atoms with Crippen LogP contribution in [0.1, 0.15) is 25.3 Å². The summed E-state index contributed by atoms with van der Waals surface area (Å²) in [5.41, 5.74) is 0.937. The van der Waals surface area contributed by atoms with E-state index < -0.39 is 0 Å². The summed E-state index contributed by atoms with van der Waals surface area (Å²) in [6.07, 6.45) is 2.77. The minimum Gasteiger partial charge on any atom is -0.483 e. The molecule has 1 N–H and O–H groups in total. The Hall–Kier alpha value is -1.55. The topological polar surface area (TPSA) is 49.8 Å². The fourth-order valence-electron chi connectivity index (χ4n) is 2.22. The van der Waals surface area contributed by atoms with Crippen molar-refractivity contribution in [1.29, 1.82) is 0 Å². The van der Waals surface area contributed by atoms with Crippen molar-refractivity contribution in [2.75, 3.05) is 19.8 Å². The van der Waals surface area contributed by atoms with Crippen LogP contribution in [-0.2, 0) is 11.2 Å². The molecule has 0 aliphatic heterocycles. The predicted molar refractivity (Wildman–Crippen MR) is 73.1 cm³/mol. The number of benzene rings is 1. The van der Waals surface area contributed by atoms with Crippen molar-refractivity contribution in [3.05, 3.63) is 29.8 Å². The lowest BCUT2D eigenvalue weighted by Crippen LogP contribution is -2.36. The first-order valence-electron chi connectivity index (χ1n) is 6.87. The molecule has 0 bridgehead atoms. The van der Waals surface area contributed by atoms with Crippen molar-refractivity contribution < 1.29 is 14.6 Å². The van der Waals surface area contributed by atoms with E-state index in [1.54, 1.807) is 0 Å². The third-order valence-corrected chi connectivity index (χ3v) is 3.35. The second-order valence-corrected chi connectivity index (χ2v) is 4.78. The van der Waals surface area contributed by atoms with Gasteiger partial charge in [-0.05, 0) is 37.8 Å². The summed E-state index contributed by atoms with van der Waals surface area (Å²) in [5.74, 6) is 0.737. The number of nitrogens with zero attached hydrogens (tertiary/aromatic N) is 1. The van der Waals surface area contributed by atoms with E-state index in [0.717, 1.165) is 24.9 Å². The van der Waals surface area contributed by atoms with E-state index in [2.05, 4.69) is 0 Å². The number of aliphatic hydroxyl groups excluding tert-OH is 1. The highest BCUT2D eigenvalue weighted by Gasteiger charge is 2.31. The Labute approximate surface area is 114 Å². The van der Waals surface area contributed by atoms with Crippen molar-refractivity contribution in [2.24, 2.45) is 0 Å². The summed E-state index contributed by atoms with van der Waals surface area (Å²) in [6, 6.07) is 7.95. The van der Waals surface area contributed by atoms with Crippen LogP contribution in [-0.4, -0.2) is 41.7 Å². The molecular weight excluding hydrogens is 242 g/mol. The number of ether oxygens (including phenoxy) is 1. The van der Waals surface area contributed by atoms with Gasteiger partial charge in [-0.1, -0.05) is 18.2 Å². The third-order valence-electron chi connectivity index (χ3n) is 3.35. The highest BCUT2D eigenvalue weighted by molar-refractivity contribution is 5.78. The number of hydrogen-bond acceptors (Lipinski definition) is 3. The van der Waals surface area contributed by atoms with Crippen LogP contribution >= 0.6 is 0 Å². The average molecular weight is 263 g/mol. The summed E-state index contributed by atoms with van der Waals surface area (Å²) in [4.78, 5) is 13.9. The van der Waals surface area contributed by atoms with Gasteiger partial charge in [0.2, 0.25) is 0 Å². The van der Waals surface area contributed by atoms with Crippen molar-refractivity contribution >= 4 is 5.91 Å². The van der Waals surface area contributed by atoms with Crippen LogP contribution in [0.3, 0.4) is 0 Å². The van der Waals surface area contributed by atoms with Crippen molar-refractivity contribution in [3.8, 4) is 5.75 Å². The lowest BCUT2D eigenvalue weighted by molar-refractivity contribution is -0.133.